The Morgan fingerprint density at radius 2 is 1.79 bits per heavy atom. The van der Waals surface area contributed by atoms with E-state index in [1.807, 2.05) is 42.5 Å². The Morgan fingerprint density at radius 3 is 2.48 bits per heavy atom. The van der Waals surface area contributed by atoms with Gasteiger partial charge in [-0.05, 0) is 43.4 Å². The number of aromatic nitrogens is 2. The second kappa shape index (κ2) is 9.51. The van der Waals surface area contributed by atoms with Crippen LogP contribution in [0.2, 0.25) is 0 Å². The molecule has 1 aromatic heterocycles. The average molecular weight is 415 g/mol. The summed E-state index contributed by atoms with van der Waals surface area (Å²) in [6.45, 7) is 2.71. The molecule has 0 spiro atoms. The van der Waals surface area contributed by atoms with E-state index in [9.17, 15) is 4.79 Å². The smallest absolute Gasteiger partial charge is 0.323 e. The number of halogens is 1. The largest absolute Gasteiger partial charge is 0.334 e. The van der Waals surface area contributed by atoms with E-state index in [4.69, 9.17) is 4.52 Å². The lowest BCUT2D eigenvalue weighted by Gasteiger charge is -2.30. The van der Waals surface area contributed by atoms with Crippen LogP contribution in [0, 0.1) is 0 Å². The summed E-state index contributed by atoms with van der Waals surface area (Å²) < 4.78 is 5.44. The molecule has 9 heteroatoms. The molecule has 2 heterocycles. The molecule has 29 heavy (non-hydrogen) atoms. The van der Waals surface area contributed by atoms with Crippen molar-refractivity contribution >= 4 is 29.8 Å². The molecule has 0 saturated carbocycles. The fourth-order valence-corrected chi connectivity index (χ4v) is 3.09. The number of benzene rings is 2. The van der Waals surface area contributed by atoms with Gasteiger partial charge in [-0.3, -0.25) is 4.90 Å². The first-order valence-corrected chi connectivity index (χ1v) is 9.17. The zero-order valence-corrected chi connectivity index (χ0v) is 16.8. The molecule has 1 saturated heterocycles. The Bertz CT molecular complexity index is 932. The van der Waals surface area contributed by atoms with Crippen LogP contribution in [0.25, 0.3) is 11.5 Å². The number of rotatable bonds is 4. The summed E-state index contributed by atoms with van der Waals surface area (Å²) in [4.78, 5) is 18.8. The van der Waals surface area contributed by atoms with Crippen molar-refractivity contribution in [3.05, 3.63) is 60.4 Å². The van der Waals surface area contributed by atoms with E-state index in [-0.39, 0.29) is 24.5 Å². The first kappa shape index (κ1) is 20.8. The number of likely N-dealkylation sites (N-methyl/N-ethyl adjacent to an activating group) is 1. The van der Waals surface area contributed by atoms with Crippen LogP contribution in [-0.2, 0) is 0 Å². The zero-order valence-electron chi connectivity index (χ0n) is 16.0. The van der Waals surface area contributed by atoms with E-state index in [1.165, 1.54) is 0 Å². The molecular weight excluding hydrogens is 392 g/mol. The van der Waals surface area contributed by atoms with Gasteiger partial charge in [0.2, 0.25) is 0 Å². The quantitative estimate of drug-likeness (QED) is 0.605. The third kappa shape index (κ3) is 5.11. The van der Waals surface area contributed by atoms with E-state index in [2.05, 4.69) is 38.0 Å². The van der Waals surface area contributed by atoms with Crippen LogP contribution < -0.4 is 16.0 Å². The van der Waals surface area contributed by atoms with Gasteiger partial charge in [0.05, 0.1) is 6.04 Å². The predicted molar refractivity (Wildman–Crippen MR) is 114 cm³/mol. The van der Waals surface area contributed by atoms with Gasteiger partial charge in [0.1, 0.15) is 0 Å². The fourth-order valence-electron chi connectivity index (χ4n) is 3.09. The minimum absolute atomic E-state index is 0. The van der Waals surface area contributed by atoms with Crippen molar-refractivity contribution in [3.63, 3.8) is 0 Å². The number of para-hydroxylation sites is 1. The van der Waals surface area contributed by atoms with Crippen LogP contribution in [0.5, 0.6) is 0 Å². The van der Waals surface area contributed by atoms with Crippen LogP contribution in [-0.4, -0.2) is 47.8 Å². The van der Waals surface area contributed by atoms with E-state index < -0.39 is 0 Å². The third-order valence-electron chi connectivity index (χ3n) is 4.67. The SMILES string of the molecule is CN1CCNCC1c1noc(-c2ccc(NC(=O)Nc3ccccc3)cc2)n1.Cl. The number of nitrogens with one attached hydrogen (secondary N) is 3. The molecule has 3 aromatic rings. The highest BCUT2D eigenvalue weighted by atomic mass is 35.5. The van der Waals surface area contributed by atoms with Crippen molar-refractivity contribution in [3.8, 4) is 11.5 Å². The maximum Gasteiger partial charge on any atom is 0.323 e. The molecule has 1 unspecified atom stereocenters. The lowest BCUT2D eigenvalue weighted by Crippen LogP contribution is -2.44. The van der Waals surface area contributed by atoms with Gasteiger partial charge < -0.3 is 20.5 Å². The highest BCUT2D eigenvalue weighted by Crippen LogP contribution is 2.24. The molecule has 1 aliphatic heterocycles. The van der Waals surface area contributed by atoms with Crippen molar-refractivity contribution < 1.29 is 9.32 Å². The first-order chi connectivity index (χ1) is 13.7. The number of urea groups is 1. The molecule has 1 fully saturated rings. The first-order valence-electron chi connectivity index (χ1n) is 9.17. The number of hydrogen-bond acceptors (Lipinski definition) is 6. The summed E-state index contributed by atoms with van der Waals surface area (Å²) in [7, 11) is 2.06. The molecule has 0 aliphatic carbocycles. The molecule has 0 radical (unpaired) electrons. The minimum atomic E-state index is -0.299. The third-order valence-corrected chi connectivity index (χ3v) is 4.67. The lowest BCUT2D eigenvalue weighted by atomic mass is 10.2. The second-order valence-electron chi connectivity index (χ2n) is 6.68. The summed E-state index contributed by atoms with van der Waals surface area (Å²) in [5, 5.41) is 13.1. The number of amides is 2. The Hall–Kier alpha value is -2.94. The standard InChI is InChI=1S/C20H22N6O2.ClH/c1-26-12-11-21-13-17(26)18-24-19(28-25-18)14-7-9-16(10-8-14)23-20(27)22-15-5-3-2-4-6-15;/h2-10,17,21H,11-13H2,1H3,(H2,22,23,27);1H. The van der Waals surface area contributed by atoms with Gasteiger partial charge in [-0.15, -0.1) is 12.4 Å². The summed E-state index contributed by atoms with van der Waals surface area (Å²) in [6.07, 6.45) is 0. The molecule has 2 amide bonds. The van der Waals surface area contributed by atoms with Gasteiger partial charge in [-0.2, -0.15) is 4.98 Å². The maximum atomic E-state index is 12.1. The number of carbonyl (C=O) groups is 1. The molecule has 1 atom stereocenters. The van der Waals surface area contributed by atoms with Gasteiger partial charge >= 0.3 is 6.03 Å². The van der Waals surface area contributed by atoms with Gasteiger partial charge in [0, 0.05) is 36.6 Å². The number of hydrogen-bond donors (Lipinski definition) is 3. The Labute approximate surface area is 175 Å². The van der Waals surface area contributed by atoms with Crippen molar-refractivity contribution in [1.82, 2.24) is 20.4 Å². The van der Waals surface area contributed by atoms with Crippen molar-refractivity contribution in [2.75, 3.05) is 37.3 Å². The van der Waals surface area contributed by atoms with E-state index in [0.29, 0.717) is 17.4 Å². The van der Waals surface area contributed by atoms with Gasteiger partial charge in [-0.1, -0.05) is 23.4 Å². The highest BCUT2D eigenvalue weighted by molar-refractivity contribution is 5.99. The van der Waals surface area contributed by atoms with Crippen LogP contribution in [0.3, 0.4) is 0 Å². The lowest BCUT2D eigenvalue weighted by molar-refractivity contribution is 0.190. The molecule has 2 aromatic carbocycles. The Morgan fingerprint density at radius 1 is 1.10 bits per heavy atom. The maximum absolute atomic E-state index is 12.1. The van der Waals surface area contributed by atoms with Crippen LogP contribution in [0.15, 0.2) is 59.1 Å². The molecule has 8 nitrogen and oxygen atoms in total. The van der Waals surface area contributed by atoms with E-state index in [1.54, 1.807) is 12.1 Å². The Balaban J connectivity index is 0.00000240. The second-order valence-corrected chi connectivity index (χ2v) is 6.68. The number of carbonyl (C=O) groups excluding carboxylic acids is 1. The molecule has 4 rings (SSSR count). The Kier molecular flexibility index (Phi) is 6.82. The summed E-state index contributed by atoms with van der Waals surface area (Å²) in [5.41, 5.74) is 2.21. The van der Waals surface area contributed by atoms with E-state index in [0.717, 1.165) is 30.9 Å². The van der Waals surface area contributed by atoms with Crippen LogP contribution in [0.4, 0.5) is 16.2 Å². The van der Waals surface area contributed by atoms with E-state index >= 15 is 0 Å². The minimum Gasteiger partial charge on any atom is -0.334 e. The number of nitrogens with zero attached hydrogens (tertiary/aromatic N) is 3. The van der Waals surface area contributed by atoms with Gasteiger partial charge in [-0.25, -0.2) is 4.79 Å². The normalized spacial score (nSPS) is 16.7. The zero-order chi connectivity index (χ0) is 19.3. The summed E-state index contributed by atoms with van der Waals surface area (Å²) in [6, 6.07) is 16.4. The molecule has 1 aliphatic rings. The molecule has 152 valence electrons. The van der Waals surface area contributed by atoms with Gasteiger partial charge in [0.25, 0.3) is 5.89 Å². The fraction of sp³-hybridized carbons (Fsp3) is 0.250. The number of anilines is 2. The molecule has 0 bridgehead atoms. The van der Waals surface area contributed by atoms with Gasteiger partial charge in [0.15, 0.2) is 5.82 Å². The van der Waals surface area contributed by atoms with Crippen LogP contribution in [0.1, 0.15) is 11.9 Å². The molecular formula is C20H23ClN6O2. The average Bonchev–Trinajstić information content (AvgIpc) is 3.19. The highest BCUT2D eigenvalue weighted by Gasteiger charge is 2.25. The number of piperazine rings is 1. The monoisotopic (exact) mass is 414 g/mol. The summed E-state index contributed by atoms with van der Waals surface area (Å²) in [5.74, 6) is 1.14. The van der Waals surface area contributed by atoms with Crippen LogP contribution >= 0.6 is 12.4 Å². The van der Waals surface area contributed by atoms with Crippen molar-refractivity contribution in [2.24, 2.45) is 0 Å². The summed E-state index contributed by atoms with van der Waals surface area (Å²) >= 11 is 0. The topological polar surface area (TPSA) is 95.3 Å². The van der Waals surface area contributed by atoms with Crippen molar-refractivity contribution in [2.45, 2.75) is 6.04 Å². The van der Waals surface area contributed by atoms with Crippen molar-refractivity contribution in [1.29, 1.82) is 0 Å². The predicted octanol–water partition coefficient (Wildman–Crippen LogP) is 3.38. The molecule has 3 N–H and O–H groups in total.